The van der Waals surface area contributed by atoms with Crippen LogP contribution in [0.15, 0.2) is 4.99 Å². The highest BCUT2D eigenvalue weighted by Crippen LogP contribution is 1.98. The summed E-state index contributed by atoms with van der Waals surface area (Å²) in [7, 11) is 0. The molecular formula is C10H21N. The van der Waals surface area contributed by atoms with E-state index in [0.717, 1.165) is 13.0 Å². The van der Waals surface area contributed by atoms with Crippen LogP contribution in [0.2, 0.25) is 0 Å². The van der Waals surface area contributed by atoms with Gasteiger partial charge >= 0.3 is 0 Å². The van der Waals surface area contributed by atoms with Gasteiger partial charge in [0, 0.05) is 6.54 Å². The quantitative estimate of drug-likeness (QED) is 0.394. The van der Waals surface area contributed by atoms with Crippen molar-refractivity contribution >= 4 is 6.21 Å². The molecule has 1 heteroatoms. The van der Waals surface area contributed by atoms with Gasteiger partial charge in [0.1, 0.15) is 0 Å². The van der Waals surface area contributed by atoms with E-state index in [9.17, 15) is 0 Å². The molecule has 0 atom stereocenters. The third-order valence-corrected chi connectivity index (χ3v) is 1.69. The summed E-state index contributed by atoms with van der Waals surface area (Å²) >= 11 is 0. The molecule has 0 saturated heterocycles. The van der Waals surface area contributed by atoms with Crippen LogP contribution in [-0.4, -0.2) is 12.8 Å². The molecule has 0 fully saturated rings. The minimum Gasteiger partial charge on any atom is -0.298 e. The first-order valence-electron chi connectivity index (χ1n) is 4.90. The smallest absolute Gasteiger partial charge is 0.0385 e. The zero-order valence-electron chi connectivity index (χ0n) is 7.97. The Labute approximate surface area is 70.9 Å². The SMILES string of the molecule is CCC/C=N\CCCCCC. The largest absolute Gasteiger partial charge is 0.298 e. The van der Waals surface area contributed by atoms with Crippen molar-refractivity contribution in [2.75, 3.05) is 6.54 Å². The third-order valence-electron chi connectivity index (χ3n) is 1.69. The van der Waals surface area contributed by atoms with Crippen molar-refractivity contribution in [1.82, 2.24) is 0 Å². The van der Waals surface area contributed by atoms with Crippen LogP contribution in [-0.2, 0) is 0 Å². The van der Waals surface area contributed by atoms with Crippen LogP contribution in [0, 0.1) is 0 Å². The molecule has 0 saturated carbocycles. The van der Waals surface area contributed by atoms with Crippen molar-refractivity contribution in [2.45, 2.75) is 52.4 Å². The minimum absolute atomic E-state index is 1.04. The lowest BCUT2D eigenvalue weighted by molar-refractivity contribution is 0.675. The molecule has 0 aromatic rings. The van der Waals surface area contributed by atoms with Crippen LogP contribution in [0.5, 0.6) is 0 Å². The van der Waals surface area contributed by atoms with Gasteiger partial charge in [-0.1, -0.05) is 39.5 Å². The lowest BCUT2D eigenvalue weighted by Crippen LogP contribution is -1.82. The maximum absolute atomic E-state index is 4.31. The second kappa shape index (κ2) is 9.67. The van der Waals surface area contributed by atoms with Crippen LogP contribution >= 0.6 is 0 Å². The van der Waals surface area contributed by atoms with Gasteiger partial charge in [-0.05, 0) is 19.1 Å². The zero-order valence-corrected chi connectivity index (χ0v) is 7.97. The van der Waals surface area contributed by atoms with E-state index in [1.165, 1.54) is 32.1 Å². The van der Waals surface area contributed by atoms with Gasteiger partial charge < -0.3 is 0 Å². The predicted molar refractivity (Wildman–Crippen MR) is 52.4 cm³/mol. The second-order valence-corrected chi connectivity index (χ2v) is 2.94. The standard InChI is InChI=1S/C10H21N/c1-3-5-7-8-10-11-9-6-4-2/h9H,3-8,10H2,1-2H3/b11-9-. The van der Waals surface area contributed by atoms with Gasteiger partial charge in [0.25, 0.3) is 0 Å². The molecule has 0 heterocycles. The minimum atomic E-state index is 1.04. The van der Waals surface area contributed by atoms with E-state index < -0.39 is 0 Å². The van der Waals surface area contributed by atoms with Crippen LogP contribution in [0.4, 0.5) is 0 Å². The summed E-state index contributed by atoms with van der Waals surface area (Å²) in [6.07, 6.45) is 9.73. The summed E-state index contributed by atoms with van der Waals surface area (Å²) in [5.41, 5.74) is 0. The molecular weight excluding hydrogens is 134 g/mol. The second-order valence-electron chi connectivity index (χ2n) is 2.94. The summed E-state index contributed by atoms with van der Waals surface area (Å²) in [6.45, 7) is 5.46. The molecule has 0 N–H and O–H groups in total. The third kappa shape index (κ3) is 9.67. The molecule has 0 unspecified atom stereocenters. The van der Waals surface area contributed by atoms with Gasteiger partial charge in [-0.3, -0.25) is 4.99 Å². The molecule has 0 aromatic heterocycles. The maximum Gasteiger partial charge on any atom is 0.0385 e. The Morgan fingerprint density at radius 2 is 1.82 bits per heavy atom. The van der Waals surface area contributed by atoms with Crippen molar-refractivity contribution in [1.29, 1.82) is 0 Å². The lowest BCUT2D eigenvalue weighted by Gasteiger charge is -1.93. The van der Waals surface area contributed by atoms with Crippen LogP contribution < -0.4 is 0 Å². The first kappa shape index (κ1) is 10.7. The van der Waals surface area contributed by atoms with Crippen molar-refractivity contribution in [3.63, 3.8) is 0 Å². The van der Waals surface area contributed by atoms with E-state index >= 15 is 0 Å². The Bertz CT molecular complexity index is 86.9. The molecule has 11 heavy (non-hydrogen) atoms. The number of rotatable bonds is 7. The summed E-state index contributed by atoms with van der Waals surface area (Å²) in [5.74, 6) is 0. The average molecular weight is 155 g/mol. The van der Waals surface area contributed by atoms with E-state index in [2.05, 4.69) is 25.1 Å². The molecule has 0 aliphatic heterocycles. The number of hydrogen-bond acceptors (Lipinski definition) is 1. The number of hydrogen-bond donors (Lipinski definition) is 0. The first-order chi connectivity index (χ1) is 5.41. The number of aliphatic imine (C=N–C) groups is 1. The van der Waals surface area contributed by atoms with Gasteiger partial charge in [-0.2, -0.15) is 0 Å². The molecule has 1 nitrogen and oxygen atoms in total. The van der Waals surface area contributed by atoms with E-state index in [0.29, 0.717) is 0 Å². The molecule has 0 aromatic carbocycles. The van der Waals surface area contributed by atoms with Gasteiger partial charge in [0.2, 0.25) is 0 Å². The monoisotopic (exact) mass is 155 g/mol. The highest BCUT2D eigenvalue weighted by Gasteiger charge is 1.83. The first-order valence-corrected chi connectivity index (χ1v) is 4.90. The summed E-state index contributed by atoms with van der Waals surface area (Å²) < 4.78 is 0. The maximum atomic E-state index is 4.31. The molecule has 0 aliphatic carbocycles. The van der Waals surface area contributed by atoms with E-state index in [1.54, 1.807) is 0 Å². The summed E-state index contributed by atoms with van der Waals surface area (Å²) in [6, 6.07) is 0. The van der Waals surface area contributed by atoms with Crippen molar-refractivity contribution in [3.8, 4) is 0 Å². The lowest BCUT2D eigenvalue weighted by atomic mass is 10.2. The highest BCUT2D eigenvalue weighted by molar-refractivity contribution is 5.56. The van der Waals surface area contributed by atoms with Crippen molar-refractivity contribution < 1.29 is 0 Å². The molecule has 66 valence electrons. The Morgan fingerprint density at radius 1 is 1.00 bits per heavy atom. The molecule has 0 spiro atoms. The van der Waals surface area contributed by atoms with Crippen LogP contribution in [0.1, 0.15) is 52.4 Å². The van der Waals surface area contributed by atoms with Gasteiger partial charge in [0.15, 0.2) is 0 Å². The Morgan fingerprint density at radius 3 is 2.45 bits per heavy atom. The number of unbranched alkanes of at least 4 members (excludes halogenated alkanes) is 4. The Hall–Kier alpha value is -0.330. The topological polar surface area (TPSA) is 12.4 Å². The van der Waals surface area contributed by atoms with Crippen LogP contribution in [0.3, 0.4) is 0 Å². The Kier molecular flexibility index (Phi) is 9.38. The van der Waals surface area contributed by atoms with Crippen LogP contribution in [0.25, 0.3) is 0 Å². The number of nitrogens with zero attached hydrogens (tertiary/aromatic N) is 1. The summed E-state index contributed by atoms with van der Waals surface area (Å²) in [4.78, 5) is 4.31. The fourth-order valence-electron chi connectivity index (χ4n) is 0.942. The molecule has 0 aliphatic rings. The molecule has 0 rings (SSSR count). The fraction of sp³-hybridized carbons (Fsp3) is 0.900. The van der Waals surface area contributed by atoms with Gasteiger partial charge in [-0.15, -0.1) is 0 Å². The van der Waals surface area contributed by atoms with Gasteiger partial charge in [0.05, 0.1) is 0 Å². The van der Waals surface area contributed by atoms with E-state index in [4.69, 9.17) is 0 Å². The average Bonchev–Trinajstić information content (AvgIpc) is 2.03. The normalized spacial score (nSPS) is 11.1. The molecule has 0 radical (unpaired) electrons. The van der Waals surface area contributed by atoms with E-state index in [1.807, 2.05) is 0 Å². The zero-order chi connectivity index (χ0) is 8.36. The summed E-state index contributed by atoms with van der Waals surface area (Å²) in [5, 5.41) is 0. The Balaban J connectivity index is 2.89. The van der Waals surface area contributed by atoms with E-state index in [-0.39, 0.29) is 0 Å². The highest BCUT2D eigenvalue weighted by atomic mass is 14.7. The predicted octanol–water partition coefficient (Wildman–Crippen LogP) is 3.44. The molecule has 0 amide bonds. The van der Waals surface area contributed by atoms with Gasteiger partial charge in [-0.25, -0.2) is 0 Å². The fourth-order valence-corrected chi connectivity index (χ4v) is 0.942. The molecule has 0 bridgehead atoms. The van der Waals surface area contributed by atoms with Crippen molar-refractivity contribution in [3.05, 3.63) is 0 Å². The van der Waals surface area contributed by atoms with Crippen molar-refractivity contribution in [2.24, 2.45) is 4.99 Å².